The molecule has 2 aromatic carbocycles. The smallest absolute Gasteiger partial charge is 0.339 e. The standard InChI is InChI=1S/C13H16ClNO.C9H8O4/c1-15-13(9-5-4-8-12(13)16)10-6-2-3-7-11(10)14;1-6(10)13-8-5-3-2-4-7(8)9(11)12/h2-3,6-7,15H,4-5,8-9H2,1H3;2-5H,1H3,(H,11,12). The summed E-state index contributed by atoms with van der Waals surface area (Å²) in [6.45, 7) is 1.22. The van der Waals surface area contributed by atoms with Crippen LogP contribution in [0.1, 0.15) is 48.5 Å². The first kappa shape index (κ1) is 22.6. The molecule has 1 saturated carbocycles. The maximum absolute atomic E-state index is 12.2. The molecule has 2 N–H and O–H groups in total. The van der Waals surface area contributed by atoms with E-state index in [9.17, 15) is 14.4 Å². The summed E-state index contributed by atoms with van der Waals surface area (Å²) >= 11 is 6.20. The molecule has 0 aliphatic heterocycles. The average Bonchev–Trinajstić information content (AvgIpc) is 2.69. The van der Waals surface area contributed by atoms with E-state index in [0.29, 0.717) is 11.4 Å². The normalized spacial score (nSPS) is 18.4. The molecule has 1 fully saturated rings. The Balaban J connectivity index is 0.000000212. The number of Topliss-reactive ketones (excluding diaryl/α,β-unsaturated/α-hetero) is 1. The van der Waals surface area contributed by atoms with E-state index in [-0.39, 0.29) is 17.1 Å². The molecule has 0 heterocycles. The van der Waals surface area contributed by atoms with Gasteiger partial charge < -0.3 is 15.2 Å². The van der Waals surface area contributed by atoms with Gasteiger partial charge in [0.25, 0.3) is 0 Å². The number of ketones is 1. The van der Waals surface area contributed by atoms with Crippen molar-refractivity contribution in [3.8, 4) is 5.75 Å². The van der Waals surface area contributed by atoms with Crippen LogP contribution in [0.25, 0.3) is 0 Å². The van der Waals surface area contributed by atoms with Gasteiger partial charge in [0.15, 0.2) is 5.78 Å². The van der Waals surface area contributed by atoms with Gasteiger partial charge in [0.2, 0.25) is 0 Å². The summed E-state index contributed by atoms with van der Waals surface area (Å²) in [6, 6.07) is 13.6. The number of hydrogen-bond acceptors (Lipinski definition) is 5. The molecule has 0 bridgehead atoms. The summed E-state index contributed by atoms with van der Waals surface area (Å²) in [5.74, 6) is -1.32. The summed E-state index contributed by atoms with van der Waals surface area (Å²) in [7, 11) is 1.84. The van der Waals surface area contributed by atoms with E-state index in [4.69, 9.17) is 16.7 Å². The van der Waals surface area contributed by atoms with Gasteiger partial charge in [-0.25, -0.2) is 4.79 Å². The highest BCUT2D eigenvalue weighted by atomic mass is 35.5. The maximum atomic E-state index is 12.2. The third kappa shape index (κ3) is 5.43. The Kier molecular flexibility index (Phi) is 7.93. The number of likely N-dealkylation sites (N-methyl/N-ethyl adjacent to an activating group) is 1. The summed E-state index contributed by atoms with van der Waals surface area (Å²) in [5.41, 5.74) is 0.345. The third-order valence-electron chi connectivity index (χ3n) is 4.81. The van der Waals surface area contributed by atoms with Crippen LogP contribution in [0.4, 0.5) is 0 Å². The van der Waals surface area contributed by atoms with Crippen LogP contribution in [-0.4, -0.2) is 29.9 Å². The molecule has 0 spiro atoms. The fourth-order valence-corrected chi connectivity index (χ4v) is 3.70. The number of halogens is 1. The van der Waals surface area contributed by atoms with Crippen molar-refractivity contribution < 1.29 is 24.2 Å². The van der Waals surface area contributed by atoms with Crippen molar-refractivity contribution in [1.82, 2.24) is 5.32 Å². The molecule has 0 radical (unpaired) electrons. The Bertz CT molecular complexity index is 898. The Morgan fingerprint density at radius 3 is 2.34 bits per heavy atom. The van der Waals surface area contributed by atoms with E-state index in [1.807, 2.05) is 31.3 Å². The Morgan fingerprint density at radius 2 is 1.76 bits per heavy atom. The number of esters is 1. The van der Waals surface area contributed by atoms with Gasteiger partial charge in [-0.15, -0.1) is 0 Å². The van der Waals surface area contributed by atoms with Crippen LogP contribution in [0.5, 0.6) is 5.75 Å². The topological polar surface area (TPSA) is 92.7 Å². The molecule has 1 aliphatic rings. The number of hydrogen-bond donors (Lipinski definition) is 2. The SMILES string of the molecule is CC(=O)Oc1ccccc1C(=O)O.CNC1(c2ccccc2Cl)CCCCC1=O. The first-order valence-electron chi connectivity index (χ1n) is 9.30. The van der Waals surface area contributed by atoms with Crippen molar-refractivity contribution in [2.75, 3.05) is 7.05 Å². The lowest BCUT2D eigenvalue weighted by Crippen LogP contribution is -2.49. The Hall–Kier alpha value is -2.70. The van der Waals surface area contributed by atoms with Crippen LogP contribution in [0.15, 0.2) is 48.5 Å². The van der Waals surface area contributed by atoms with Crippen molar-refractivity contribution in [3.63, 3.8) is 0 Å². The van der Waals surface area contributed by atoms with Crippen LogP contribution in [0, 0.1) is 0 Å². The Labute approximate surface area is 174 Å². The molecule has 1 unspecified atom stereocenters. The highest BCUT2D eigenvalue weighted by Gasteiger charge is 2.41. The third-order valence-corrected chi connectivity index (χ3v) is 5.14. The quantitative estimate of drug-likeness (QED) is 0.571. The molecule has 7 heteroatoms. The van der Waals surface area contributed by atoms with Gasteiger partial charge in [0, 0.05) is 18.4 Å². The minimum absolute atomic E-state index is 0.0160. The number of ether oxygens (including phenoxy) is 1. The lowest BCUT2D eigenvalue weighted by Gasteiger charge is -2.36. The number of rotatable bonds is 4. The molecule has 0 saturated heterocycles. The number of carboxylic acids is 1. The van der Waals surface area contributed by atoms with Gasteiger partial charge in [0.05, 0.1) is 0 Å². The van der Waals surface area contributed by atoms with Gasteiger partial charge in [-0.3, -0.25) is 9.59 Å². The van der Waals surface area contributed by atoms with Crippen molar-refractivity contribution in [3.05, 3.63) is 64.7 Å². The molecule has 0 amide bonds. The number of para-hydroxylation sites is 1. The number of benzene rings is 2. The molecule has 6 nitrogen and oxygen atoms in total. The van der Waals surface area contributed by atoms with E-state index in [1.54, 1.807) is 12.1 Å². The lowest BCUT2D eigenvalue weighted by molar-refractivity contribution is -0.132. The molecule has 154 valence electrons. The van der Waals surface area contributed by atoms with E-state index in [1.165, 1.54) is 19.1 Å². The fraction of sp³-hybridized carbons (Fsp3) is 0.318. The van der Waals surface area contributed by atoms with E-state index in [2.05, 4.69) is 10.1 Å². The first-order chi connectivity index (χ1) is 13.8. The molecular weight excluding hydrogens is 394 g/mol. The predicted octanol–water partition coefficient (Wildman–Crippen LogP) is 4.21. The van der Waals surface area contributed by atoms with Crippen molar-refractivity contribution in [1.29, 1.82) is 0 Å². The molecule has 1 atom stereocenters. The second-order valence-corrected chi connectivity index (χ2v) is 7.07. The molecule has 29 heavy (non-hydrogen) atoms. The number of carbonyl (C=O) groups excluding carboxylic acids is 2. The predicted molar refractivity (Wildman–Crippen MR) is 110 cm³/mol. The van der Waals surface area contributed by atoms with Crippen LogP contribution in [0.3, 0.4) is 0 Å². The zero-order chi connectivity index (χ0) is 21.4. The zero-order valence-electron chi connectivity index (χ0n) is 16.4. The fourth-order valence-electron chi connectivity index (χ4n) is 3.41. The summed E-state index contributed by atoms with van der Waals surface area (Å²) in [5, 5.41) is 12.6. The highest BCUT2D eigenvalue weighted by molar-refractivity contribution is 6.31. The molecule has 3 rings (SSSR count). The molecule has 0 aromatic heterocycles. The largest absolute Gasteiger partial charge is 0.478 e. The number of nitrogens with one attached hydrogen (secondary N) is 1. The summed E-state index contributed by atoms with van der Waals surface area (Å²) in [6.07, 6.45) is 3.54. The second-order valence-electron chi connectivity index (χ2n) is 6.66. The number of aromatic carboxylic acids is 1. The van der Waals surface area contributed by atoms with Crippen molar-refractivity contribution in [2.24, 2.45) is 0 Å². The summed E-state index contributed by atoms with van der Waals surface area (Å²) in [4.78, 5) is 33.4. The van der Waals surface area contributed by atoms with E-state index in [0.717, 1.165) is 24.8 Å². The van der Waals surface area contributed by atoms with Gasteiger partial charge in [-0.2, -0.15) is 0 Å². The number of carboxylic acid groups (broad SMARTS) is 1. The maximum Gasteiger partial charge on any atom is 0.339 e. The van der Waals surface area contributed by atoms with Gasteiger partial charge >= 0.3 is 11.9 Å². The molecule has 1 aliphatic carbocycles. The lowest BCUT2D eigenvalue weighted by atomic mass is 9.75. The van der Waals surface area contributed by atoms with Gasteiger partial charge in [-0.1, -0.05) is 48.4 Å². The van der Waals surface area contributed by atoms with Gasteiger partial charge in [0.1, 0.15) is 16.9 Å². The van der Waals surface area contributed by atoms with Crippen molar-refractivity contribution >= 4 is 29.3 Å². The second kappa shape index (κ2) is 10.2. The van der Waals surface area contributed by atoms with E-state index >= 15 is 0 Å². The van der Waals surface area contributed by atoms with Crippen molar-refractivity contribution in [2.45, 2.75) is 38.1 Å². The van der Waals surface area contributed by atoms with Gasteiger partial charge in [-0.05, 0) is 43.7 Å². The minimum Gasteiger partial charge on any atom is -0.478 e. The van der Waals surface area contributed by atoms with E-state index < -0.39 is 17.5 Å². The van der Waals surface area contributed by atoms with Crippen LogP contribution < -0.4 is 10.1 Å². The zero-order valence-corrected chi connectivity index (χ0v) is 17.2. The Morgan fingerprint density at radius 1 is 1.10 bits per heavy atom. The first-order valence-corrected chi connectivity index (χ1v) is 9.67. The minimum atomic E-state index is -1.11. The highest BCUT2D eigenvalue weighted by Crippen LogP contribution is 2.37. The molecule has 2 aromatic rings. The van der Waals surface area contributed by atoms with Crippen LogP contribution in [-0.2, 0) is 15.1 Å². The van der Waals surface area contributed by atoms with Crippen LogP contribution in [0.2, 0.25) is 5.02 Å². The molecular formula is C22H24ClNO5. The van der Waals surface area contributed by atoms with Crippen LogP contribution >= 0.6 is 11.6 Å². The monoisotopic (exact) mass is 417 g/mol. The number of carbonyl (C=O) groups is 3. The summed E-state index contributed by atoms with van der Waals surface area (Å²) < 4.78 is 4.69. The average molecular weight is 418 g/mol.